The first-order chi connectivity index (χ1) is 10.6. The maximum absolute atomic E-state index is 2.78. The molecule has 1 radical (unpaired) electrons. The van der Waals surface area contributed by atoms with Crippen LogP contribution in [0.25, 0.3) is 0 Å². The second kappa shape index (κ2) is 9.02. The van der Waals surface area contributed by atoms with E-state index in [0.717, 1.165) is 11.8 Å². The molecule has 4 heteroatoms. The molecule has 4 atom stereocenters. The molecular formula is C21H27Cl2SiTi. The third kappa shape index (κ3) is 3.57. The van der Waals surface area contributed by atoms with Crippen LogP contribution >= 0.6 is 0 Å². The fraction of sp³-hybridized carbons (Fsp3) is 0.524. The van der Waals surface area contributed by atoms with Crippen LogP contribution in [0, 0.1) is 29.6 Å². The van der Waals surface area contributed by atoms with E-state index in [9.17, 15) is 0 Å². The number of rotatable bonds is 1. The van der Waals surface area contributed by atoms with Crippen molar-refractivity contribution >= 4 is 13.6 Å². The van der Waals surface area contributed by atoms with E-state index < -0.39 is 0 Å². The van der Waals surface area contributed by atoms with Gasteiger partial charge in [0.05, 0.1) is 0 Å². The summed E-state index contributed by atoms with van der Waals surface area (Å²) in [5.41, 5.74) is 3.61. The van der Waals surface area contributed by atoms with Crippen molar-refractivity contribution in [1.29, 1.82) is 0 Å². The van der Waals surface area contributed by atoms with E-state index in [1.807, 2.05) is 5.17 Å². The molecule has 4 rings (SSSR count). The first-order valence-electron chi connectivity index (χ1n) is 8.89. The molecule has 0 bridgehead atoms. The van der Waals surface area contributed by atoms with Crippen LogP contribution in [-0.4, -0.2) is 13.6 Å². The van der Waals surface area contributed by atoms with Gasteiger partial charge in [-0.05, 0) is 32.1 Å². The van der Waals surface area contributed by atoms with E-state index in [-0.39, 0.29) is 54.9 Å². The van der Waals surface area contributed by atoms with Gasteiger partial charge in [0.25, 0.3) is 0 Å². The van der Waals surface area contributed by atoms with E-state index in [1.165, 1.54) is 25.7 Å². The molecule has 0 heterocycles. The van der Waals surface area contributed by atoms with Gasteiger partial charge in [-0.3, -0.25) is 0 Å². The summed E-state index contributed by atoms with van der Waals surface area (Å²) in [6, 6.07) is 0. The molecule has 0 saturated heterocycles. The largest absolute Gasteiger partial charge is 3.00 e. The van der Waals surface area contributed by atoms with Gasteiger partial charge in [0.1, 0.15) is 0 Å². The molecule has 25 heavy (non-hydrogen) atoms. The molecular weight excluding hydrogens is 399 g/mol. The van der Waals surface area contributed by atoms with Crippen molar-refractivity contribution in [2.45, 2.75) is 45.7 Å². The van der Waals surface area contributed by atoms with Gasteiger partial charge in [-0.15, -0.1) is 22.6 Å². The molecule has 133 valence electrons. The SMILES string of the molecule is CC1=C(C23[CH-]C4C=CC=CC4C2CCCC3=[Si](C)C)CC=C1.[Cl-].[Cl-].[Ti+3]. The van der Waals surface area contributed by atoms with Gasteiger partial charge < -0.3 is 31.2 Å². The van der Waals surface area contributed by atoms with Crippen molar-refractivity contribution < 1.29 is 46.5 Å². The molecule has 0 aromatic carbocycles. The van der Waals surface area contributed by atoms with E-state index >= 15 is 0 Å². The molecule has 0 aromatic heterocycles. The number of fused-ring (bicyclic) bond motifs is 3. The van der Waals surface area contributed by atoms with Crippen molar-refractivity contribution in [1.82, 2.24) is 0 Å². The van der Waals surface area contributed by atoms with Crippen LogP contribution in [0.4, 0.5) is 0 Å². The summed E-state index contributed by atoms with van der Waals surface area (Å²) in [5, 5.41) is 1.92. The van der Waals surface area contributed by atoms with Crippen LogP contribution in [0.3, 0.4) is 0 Å². The Morgan fingerprint density at radius 3 is 2.52 bits per heavy atom. The zero-order valence-electron chi connectivity index (χ0n) is 15.4. The van der Waals surface area contributed by atoms with E-state index in [0.29, 0.717) is 11.3 Å². The number of hydrogen-bond acceptors (Lipinski definition) is 0. The van der Waals surface area contributed by atoms with Crippen molar-refractivity contribution in [3.8, 4) is 0 Å². The third-order valence-corrected chi connectivity index (χ3v) is 8.31. The fourth-order valence-corrected chi connectivity index (χ4v) is 7.60. The summed E-state index contributed by atoms with van der Waals surface area (Å²) < 4.78 is 0. The first-order valence-corrected chi connectivity index (χ1v) is 11.4. The van der Waals surface area contributed by atoms with Gasteiger partial charge in [0.2, 0.25) is 0 Å². The van der Waals surface area contributed by atoms with Crippen LogP contribution in [-0.2, 0) is 21.7 Å². The predicted molar refractivity (Wildman–Crippen MR) is 98.3 cm³/mol. The summed E-state index contributed by atoms with van der Waals surface area (Å²) >= 11 is 0. The Kier molecular flexibility index (Phi) is 8.44. The van der Waals surface area contributed by atoms with Crippen LogP contribution in [0.1, 0.15) is 32.6 Å². The zero-order chi connectivity index (χ0) is 15.3. The average Bonchev–Trinajstić information content (AvgIpc) is 3.08. The number of halogens is 2. The average molecular weight is 426 g/mol. The molecule has 0 nitrogen and oxygen atoms in total. The Hall–Kier alpha value is 0.341. The molecule has 4 unspecified atom stereocenters. The summed E-state index contributed by atoms with van der Waals surface area (Å²) in [6.45, 7) is 7.38. The number of allylic oxidation sites excluding steroid dienone is 8. The van der Waals surface area contributed by atoms with E-state index in [2.05, 4.69) is 62.9 Å². The van der Waals surface area contributed by atoms with Crippen LogP contribution in [0.5, 0.6) is 0 Å². The van der Waals surface area contributed by atoms with Crippen LogP contribution in [0.15, 0.2) is 47.6 Å². The minimum absolute atomic E-state index is 0. The quantitative estimate of drug-likeness (QED) is 0.378. The van der Waals surface area contributed by atoms with Gasteiger partial charge in [0.15, 0.2) is 0 Å². The zero-order valence-corrected chi connectivity index (χ0v) is 19.4. The minimum Gasteiger partial charge on any atom is -1.00 e. The van der Waals surface area contributed by atoms with Crippen molar-refractivity contribution in [3.05, 3.63) is 54.0 Å². The maximum atomic E-state index is 2.78. The molecule has 0 spiro atoms. The molecule has 4 aliphatic carbocycles. The van der Waals surface area contributed by atoms with Crippen molar-refractivity contribution in [2.24, 2.45) is 23.2 Å². The molecule has 0 N–H and O–H groups in total. The van der Waals surface area contributed by atoms with Gasteiger partial charge in [-0.25, -0.2) is 0 Å². The Bertz CT molecular complexity index is 651. The van der Waals surface area contributed by atoms with Crippen LogP contribution in [0.2, 0.25) is 13.1 Å². The molecule has 4 aliphatic rings. The standard InChI is InChI=1S/C21H27Si.2ClH.Ti/c1-15-8-6-11-18(15)21-14-16-9-4-5-10-17(16)19(21)12-7-13-20(21)22(2)3;;;/h4-6,8-10,14,16-17,19H,7,11-13H2,1-3H3;2*1H;/q-1;;;+3/p-2. The molecule has 2 fully saturated rings. The Balaban J connectivity index is 0.00000104. The van der Waals surface area contributed by atoms with Crippen molar-refractivity contribution in [3.63, 3.8) is 0 Å². The second-order valence-corrected chi connectivity index (χ2v) is 10.3. The maximum Gasteiger partial charge on any atom is 3.00 e. The molecule has 0 amide bonds. The number of hydrogen-bond donors (Lipinski definition) is 0. The molecule has 2 saturated carbocycles. The predicted octanol–water partition coefficient (Wildman–Crippen LogP) is -0.860. The summed E-state index contributed by atoms with van der Waals surface area (Å²) in [6.07, 6.45) is 22.4. The summed E-state index contributed by atoms with van der Waals surface area (Å²) in [7, 11) is -0.372. The smallest absolute Gasteiger partial charge is 1.00 e. The summed E-state index contributed by atoms with van der Waals surface area (Å²) in [5.74, 6) is 2.21. The minimum atomic E-state index is -0.372. The van der Waals surface area contributed by atoms with Gasteiger partial charge in [0, 0.05) is 8.41 Å². The Morgan fingerprint density at radius 1 is 1.16 bits per heavy atom. The second-order valence-electron chi connectivity index (χ2n) is 7.71. The molecule has 0 aliphatic heterocycles. The van der Waals surface area contributed by atoms with Gasteiger partial charge in [-0.2, -0.15) is 0 Å². The summed E-state index contributed by atoms with van der Waals surface area (Å²) in [4.78, 5) is 0. The van der Waals surface area contributed by atoms with Crippen LogP contribution < -0.4 is 24.8 Å². The first kappa shape index (κ1) is 23.4. The van der Waals surface area contributed by atoms with E-state index in [4.69, 9.17) is 0 Å². The van der Waals surface area contributed by atoms with Crippen molar-refractivity contribution in [2.75, 3.05) is 0 Å². The van der Waals surface area contributed by atoms with E-state index in [1.54, 1.807) is 11.1 Å². The normalized spacial score (nSPS) is 34.7. The monoisotopic (exact) mass is 425 g/mol. The van der Waals surface area contributed by atoms with Gasteiger partial charge in [-0.1, -0.05) is 67.0 Å². The fourth-order valence-electron chi connectivity index (χ4n) is 5.67. The topological polar surface area (TPSA) is 0 Å². The third-order valence-electron chi connectivity index (χ3n) is 6.44. The van der Waals surface area contributed by atoms with Gasteiger partial charge >= 0.3 is 21.7 Å². The Labute approximate surface area is 182 Å². The Morgan fingerprint density at radius 2 is 1.88 bits per heavy atom. The molecule has 0 aromatic rings.